The van der Waals surface area contributed by atoms with Crippen LogP contribution in [0.5, 0.6) is 11.5 Å². The quantitative estimate of drug-likeness (QED) is 0.316. The van der Waals surface area contributed by atoms with Crippen LogP contribution in [0.2, 0.25) is 0 Å². The van der Waals surface area contributed by atoms with E-state index >= 15 is 0 Å². The molecule has 7 heteroatoms. The second-order valence-corrected chi connectivity index (χ2v) is 3.47. The van der Waals surface area contributed by atoms with Gasteiger partial charge in [0.1, 0.15) is 11.5 Å². The summed E-state index contributed by atoms with van der Waals surface area (Å²) >= 11 is 0. The van der Waals surface area contributed by atoms with Gasteiger partial charge >= 0.3 is 7.82 Å². The van der Waals surface area contributed by atoms with Crippen LogP contribution in [0.15, 0.2) is 18.2 Å². The number of benzene rings is 1. The summed E-state index contributed by atoms with van der Waals surface area (Å²) in [6.07, 6.45) is 0. The number of phosphoric acid groups is 1. The van der Waals surface area contributed by atoms with Gasteiger partial charge in [0.15, 0.2) is 0 Å². The number of rotatable bonds is 2. The number of nitrogens with two attached hydrogens (primary N) is 1. The van der Waals surface area contributed by atoms with Gasteiger partial charge in [-0.05, 0) is 12.1 Å². The largest absolute Gasteiger partial charge is 0.524 e. The maximum Gasteiger partial charge on any atom is 0.524 e. The maximum absolute atomic E-state index is 10.4. The first kappa shape index (κ1) is 9.85. The van der Waals surface area contributed by atoms with E-state index in [1.54, 1.807) is 0 Å². The second kappa shape index (κ2) is 3.26. The molecule has 0 saturated heterocycles. The van der Waals surface area contributed by atoms with Crippen LogP contribution in [0.3, 0.4) is 0 Å². The average Bonchev–Trinajstić information content (AvgIpc) is 1.94. The molecule has 0 heterocycles. The Morgan fingerprint density at radius 1 is 1.38 bits per heavy atom. The first-order valence-electron chi connectivity index (χ1n) is 3.22. The zero-order valence-corrected chi connectivity index (χ0v) is 7.31. The molecule has 6 nitrogen and oxygen atoms in total. The molecule has 0 spiro atoms. The van der Waals surface area contributed by atoms with Gasteiger partial charge in [0.2, 0.25) is 0 Å². The van der Waals surface area contributed by atoms with Crippen molar-refractivity contribution in [1.82, 2.24) is 0 Å². The highest BCUT2D eigenvalue weighted by molar-refractivity contribution is 7.46. The molecule has 1 aromatic carbocycles. The van der Waals surface area contributed by atoms with Crippen molar-refractivity contribution < 1.29 is 24.0 Å². The van der Waals surface area contributed by atoms with E-state index in [1.807, 2.05) is 0 Å². The zero-order valence-electron chi connectivity index (χ0n) is 6.41. The van der Waals surface area contributed by atoms with Crippen molar-refractivity contribution in [3.8, 4) is 11.5 Å². The molecule has 0 atom stereocenters. The van der Waals surface area contributed by atoms with Crippen molar-refractivity contribution >= 4 is 13.5 Å². The predicted molar refractivity (Wildman–Crippen MR) is 45.2 cm³/mol. The highest BCUT2D eigenvalue weighted by Crippen LogP contribution is 2.39. The minimum atomic E-state index is -4.56. The van der Waals surface area contributed by atoms with Crippen LogP contribution in [0.4, 0.5) is 5.69 Å². The lowest BCUT2D eigenvalue weighted by atomic mass is 10.3. The number of phosphoric ester groups is 1. The number of hydrogen-bond acceptors (Lipinski definition) is 4. The number of hydrogen-bond donors (Lipinski definition) is 4. The third kappa shape index (κ3) is 2.95. The summed E-state index contributed by atoms with van der Waals surface area (Å²) in [6.45, 7) is 0. The van der Waals surface area contributed by atoms with Crippen molar-refractivity contribution in [3.63, 3.8) is 0 Å². The summed E-state index contributed by atoms with van der Waals surface area (Å²) in [5, 5.41) is 8.97. The predicted octanol–water partition coefficient (Wildman–Crippen LogP) is 0.446. The molecule has 0 saturated carbocycles. The first-order valence-corrected chi connectivity index (χ1v) is 4.75. The number of phenolic OH excluding ortho intramolecular Hbond substituents is 1. The van der Waals surface area contributed by atoms with E-state index in [4.69, 9.17) is 20.6 Å². The molecule has 0 aliphatic heterocycles. The summed E-state index contributed by atoms with van der Waals surface area (Å²) in [5.74, 6) is -0.262. The third-order valence-corrected chi connectivity index (χ3v) is 1.67. The van der Waals surface area contributed by atoms with Gasteiger partial charge in [-0.25, -0.2) is 4.57 Å². The zero-order chi connectivity index (χ0) is 10.1. The number of aromatic hydroxyl groups is 1. The fourth-order valence-corrected chi connectivity index (χ4v) is 1.11. The van der Waals surface area contributed by atoms with E-state index in [1.165, 1.54) is 12.1 Å². The highest BCUT2D eigenvalue weighted by Gasteiger charge is 2.16. The molecule has 1 rings (SSSR count). The van der Waals surface area contributed by atoms with Gasteiger partial charge in [-0.15, -0.1) is 0 Å². The molecular formula is C6H8NO5P. The van der Waals surface area contributed by atoms with Gasteiger partial charge in [0.25, 0.3) is 0 Å². The minimum Gasteiger partial charge on any atom is -0.506 e. The van der Waals surface area contributed by atoms with Crippen molar-refractivity contribution in [1.29, 1.82) is 0 Å². The van der Waals surface area contributed by atoms with Crippen molar-refractivity contribution in [2.45, 2.75) is 0 Å². The standard InChI is InChI=1S/C6H8NO5P/c7-5-3-4(1-2-6(5)8)12-13(9,10)11/h1-3,8H,7H2,(H2,9,10,11). The van der Waals surface area contributed by atoms with Gasteiger partial charge in [0, 0.05) is 6.07 Å². The van der Waals surface area contributed by atoms with E-state index in [0.29, 0.717) is 0 Å². The van der Waals surface area contributed by atoms with Crippen LogP contribution >= 0.6 is 7.82 Å². The van der Waals surface area contributed by atoms with Gasteiger partial charge in [-0.1, -0.05) is 0 Å². The average molecular weight is 205 g/mol. The fourth-order valence-electron chi connectivity index (χ4n) is 0.727. The fraction of sp³-hybridized carbons (Fsp3) is 0. The second-order valence-electron chi connectivity index (χ2n) is 2.30. The monoisotopic (exact) mass is 205 g/mol. The number of nitrogen functional groups attached to an aromatic ring is 1. The van der Waals surface area contributed by atoms with Crippen LogP contribution in [0, 0.1) is 0 Å². The van der Waals surface area contributed by atoms with Crippen LogP contribution in [0.1, 0.15) is 0 Å². The number of anilines is 1. The lowest BCUT2D eigenvalue weighted by molar-refractivity contribution is 0.283. The van der Waals surface area contributed by atoms with Gasteiger partial charge < -0.3 is 15.4 Å². The SMILES string of the molecule is Nc1cc(OP(=O)(O)O)ccc1O. The van der Waals surface area contributed by atoms with E-state index in [2.05, 4.69) is 4.52 Å². The first-order chi connectivity index (χ1) is 5.88. The Kier molecular flexibility index (Phi) is 2.47. The molecule has 5 N–H and O–H groups in total. The van der Waals surface area contributed by atoms with Crippen LogP contribution in [0.25, 0.3) is 0 Å². The summed E-state index contributed by atoms with van der Waals surface area (Å²) in [4.78, 5) is 16.8. The molecule has 1 aromatic rings. The Hall–Kier alpha value is -1.23. The summed E-state index contributed by atoms with van der Waals surface area (Å²) in [7, 11) is -4.56. The van der Waals surface area contributed by atoms with Gasteiger partial charge in [-0.2, -0.15) is 0 Å². The smallest absolute Gasteiger partial charge is 0.506 e. The summed E-state index contributed by atoms with van der Waals surface area (Å²) < 4.78 is 14.6. The minimum absolute atomic E-state index is 0.00838. The molecule has 0 aromatic heterocycles. The molecule has 13 heavy (non-hydrogen) atoms. The maximum atomic E-state index is 10.4. The van der Waals surface area contributed by atoms with Crippen LogP contribution in [-0.4, -0.2) is 14.9 Å². The lowest BCUT2D eigenvalue weighted by Gasteiger charge is -2.07. The van der Waals surface area contributed by atoms with Crippen LogP contribution in [-0.2, 0) is 4.57 Å². The van der Waals surface area contributed by atoms with Gasteiger partial charge in [-0.3, -0.25) is 9.79 Å². The summed E-state index contributed by atoms with van der Waals surface area (Å²) in [6, 6.07) is 3.50. The van der Waals surface area contributed by atoms with E-state index in [0.717, 1.165) is 6.07 Å². The Bertz CT molecular complexity index is 360. The Morgan fingerprint density at radius 3 is 2.46 bits per heavy atom. The van der Waals surface area contributed by atoms with Gasteiger partial charge in [0.05, 0.1) is 5.69 Å². The van der Waals surface area contributed by atoms with Crippen molar-refractivity contribution in [3.05, 3.63) is 18.2 Å². The Balaban J connectivity index is 2.92. The van der Waals surface area contributed by atoms with Crippen molar-refractivity contribution in [2.75, 3.05) is 5.73 Å². The van der Waals surface area contributed by atoms with Crippen LogP contribution < -0.4 is 10.3 Å². The molecule has 0 fully saturated rings. The Labute approximate surface area is 73.8 Å². The number of phenols is 1. The molecule has 0 aliphatic rings. The molecule has 0 amide bonds. The van der Waals surface area contributed by atoms with E-state index < -0.39 is 7.82 Å². The lowest BCUT2D eigenvalue weighted by Crippen LogP contribution is -1.92. The van der Waals surface area contributed by atoms with E-state index in [9.17, 15) is 4.57 Å². The van der Waals surface area contributed by atoms with E-state index in [-0.39, 0.29) is 17.2 Å². The normalized spacial score (nSPS) is 11.2. The topological polar surface area (TPSA) is 113 Å². The molecule has 0 bridgehead atoms. The molecule has 72 valence electrons. The highest BCUT2D eigenvalue weighted by atomic mass is 31.2. The molecule has 0 unspecified atom stereocenters. The molecule has 0 radical (unpaired) electrons. The Morgan fingerprint density at radius 2 is 2.00 bits per heavy atom. The molecule has 0 aliphatic carbocycles. The summed E-state index contributed by atoms with van der Waals surface area (Å²) in [5.41, 5.74) is 5.25. The van der Waals surface area contributed by atoms with Crippen molar-refractivity contribution in [2.24, 2.45) is 0 Å². The third-order valence-electron chi connectivity index (χ3n) is 1.22. The molecular weight excluding hydrogens is 197 g/mol.